The van der Waals surface area contributed by atoms with Gasteiger partial charge in [-0.05, 0) is 42.0 Å². The van der Waals surface area contributed by atoms with Crippen molar-refractivity contribution in [2.75, 3.05) is 5.33 Å². The molecule has 0 saturated carbocycles. The predicted molar refractivity (Wildman–Crippen MR) is 74.5 cm³/mol. The van der Waals surface area contributed by atoms with Gasteiger partial charge < -0.3 is 0 Å². The third kappa shape index (κ3) is 3.42. The lowest BCUT2D eigenvalue weighted by molar-refractivity contribution is 0.617. The second-order valence-electron chi connectivity index (χ2n) is 4.47. The van der Waals surface area contributed by atoms with E-state index in [9.17, 15) is 4.39 Å². The van der Waals surface area contributed by atoms with Gasteiger partial charge in [0, 0.05) is 18.6 Å². The Hall–Kier alpha value is -1.16. The van der Waals surface area contributed by atoms with Crippen LogP contribution in [0.25, 0.3) is 0 Å². The molecule has 0 bridgehead atoms. The van der Waals surface area contributed by atoms with E-state index in [1.54, 1.807) is 16.8 Å². The molecule has 18 heavy (non-hydrogen) atoms. The zero-order valence-electron chi connectivity index (χ0n) is 10.3. The highest BCUT2D eigenvalue weighted by molar-refractivity contribution is 9.09. The minimum absolute atomic E-state index is 0.167. The highest BCUT2D eigenvalue weighted by Gasteiger charge is 2.11. The molecule has 1 aromatic heterocycles. The molecule has 2 rings (SSSR count). The topological polar surface area (TPSA) is 17.8 Å². The van der Waals surface area contributed by atoms with Gasteiger partial charge in [0.1, 0.15) is 5.82 Å². The first-order valence-corrected chi connectivity index (χ1v) is 7.10. The summed E-state index contributed by atoms with van der Waals surface area (Å²) < 4.78 is 15.0. The number of rotatable bonds is 5. The van der Waals surface area contributed by atoms with Crippen LogP contribution in [0.5, 0.6) is 0 Å². The number of benzene rings is 1. The molecular formula is C14H16BrFN2. The van der Waals surface area contributed by atoms with E-state index in [4.69, 9.17) is 0 Å². The Morgan fingerprint density at radius 3 is 2.89 bits per heavy atom. The van der Waals surface area contributed by atoms with Crippen LogP contribution in [0.2, 0.25) is 0 Å². The summed E-state index contributed by atoms with van der Waals surface area (Å²) in [6, 6.07) is 6.85. The second-order valence-corrected chi connectivity index (χ2v) is 5.11. The lowest BCUT2D eigenvalue weighted by Crippen LogP contribution is -2.02. The number of aromatic nitrogens is 2. The molecule has 0 fully saturated rings. The average molecular weight is 311 g/mol. The molecule has 0 spiro atoms. The van der Waals surface area contributed by atoms with Gasteiger partial charge in [0.2, 0.25) is 0 Å². The number of alkyl halides is 1. The van der Waals surface area contributed by atoms with Crippen molar-refractivity contribution in [3.63, 3.8) is 0 Å². The van der Waals surface area contributed by atoms with Gasteiger partial charge >= 0.3 is 0 Å². The maximum atomic E-state index is 13.2. The number of hydrogen-bond acceptors (Lipinski definition) is 1. The summed E-state index contributed by atoms with van der Waals surface area (Å²) in [6.07, 6.45) is 5.86. The van der Waals surface area contributed by atoms with E-state index in [0.717, 1.165) is 23.7 Å². The molecule has 1 aromatic carbocycles. The Balaban J connectivity index is 2.01. The van der Waals surface area contributed by atoms with Crippen LogP contribution in [0.15, 0.2) is 36.7 Å². The van der Waals surface area contributed by atoms with E-state index in [1.165, 1.54) is 11.6 Å². The van der Waals surface area contributed by atoms with Crippen LogP contribution >= 0.6 is 15.9 Å². The third-order valence-electron chi connectivity index (χ3n) is 3.05. The van der Waals surface area contributed by atoms with Gasteiger partial charge in [0.05, 0.1) is 6.20 Å². The molecule has 0 aliphatic heterocycles. The summed E-state index contributed by atoms with van der Waals surface area (Å²) >= 11 is 3.51. The van der Waals surface area contributed by atoms with E-state index in [0.29, 0.717) is 5.92 Å². The predicted octanol–water partition coefficient (Wildman–Crippen LogP) is 3.67. The molecule has 0 radical (unpaired) electrons. The number of hydrogen-bond donors (Lipinski definition) is 0. The van der Waals surface area contributed by atoms with Crippen molar-refractivity contribution < 1.29 is 4.39 Å². The second kappa shape index (κ2) is 6.14. The zero-order valence-corrected chi connectivity index (χ0v) is 11.9. The normalized spacial score (nSPS) is 12.6. The monoisotopic (exact) mass is 310 g/mol. The molecule has 0 N–H and O–H groups in total. The van der Waals surface area contributed by atoms with Crippen LogP contribution in [0.3, 0.4) is 0 Å². The molecule has 1 unspecified atom stereocenters. The van der Waals surface area contributed by atoms with Crippen molar-refractivity contribution in [3.05, 3.63) is 53.6 Å². The van der Waals surface area contributed by atoms with Crippen LogP contribution < -0.4 is 0 Å². The molecule has 1 atom stereocenters. The van der Waals surface area contributed by atoms with Crippen LogP contribution in [0.4, 0.5) is 4.39 Å². The number of nitrogens with zero attached hydrogens (tertiary/aromatic N) is 2. The number of aryl methyl sites for hydroxylation is 2. The summed E-state index contributed by atoms with van der Waals surface area (Å²) in [7, 11) is 1.91. The lowest BCUT2D eigenvalue weighted by Gasteiger charge is -2.13. The van der Waals surface area contributed by atoms with Crippen molar-refractivity contribution in [3.8, 4) is 0 Å². The molecule has 2 nitrogen and oxygen atoms in total. The minimum Gasteiger partial charge on any atom is -0.276 e. The molecule has 2 aromatic rings. The van der Waals surface area contributed by atoms with Gasteiger partial charge in [-0.25, -0.2) is 4.39 Å². The maximum Gasteiger partial charge on any atom is 0.123 e. The van der Waals surface area contributed by atoms with Crippen molar-refractivity contribution >= 4 is 15.9 Å². The minimum atomic E-state index is -0.167. The molecular weight excluding hydrogens is 295 g/mol. The fourth-order valence-electron chi connectivity index (χ4n) is 2.04. The summed E-state index contributed by atoms with van der Waals surface area (Å²) in [4.78, 5) is 0. The standard InChI is InChI=1S/C14H16BrFN2/c1-18-10-11(9-17-18)5-6-13(8-15)12-3-2-4-14(16)7-12/h2-4,7,9-10,13H,5-6,8H2,1H3. The Bertz CT molecular complexity index is 510. The summed E-state index contributed by atoms with van der Waals surface area (Å²) in [5, 5.41) is 5.00. The van der Waals surface area contributed by atoms with Crippen LogP contribution in [-0.4, -0.2) is 15.1 Å². The smallest absolute Gasteiger partial charge is 0.123 e. The van der Waals surface area contributed by atoms with Crippen molar-refractivity contribution in [2.24, 2.45) is 7.05 Å². The van der Waals surface area contributed by atoms with Crippen LogP contribution in [0.1, 0.15) is 23.5 Å². The van der Waals surface area contributed by atoms with E-state index >= 15 is 0 Å². The Morgan fingerprint density at radius 2 is 2.28 bits per heavy atom. The van der Waals surface area contributed by atoms with Gasteiger partial charge in [-0.3, -0.25) is 4.68 Å². The SMILES string of the molecule is Cn1cc(CCC(CBr)c2cccc(F)c2)cn1. The molecule has 0 aliphatic rings. The van der Waals surface area contributed by atoms with Crippen LogP contribution in [0, 0.1) is 5.82 Å². The average Bonchev–Trinajstić information content (AvgIpc) is 2.76. The molecule has 96 valence electrons. The van der Waals surface area contributed by atoms with Gasteiger partial charge in [-0.2, -0.15) is 5.10 Å². The number of halogens is 2. The highest BCUT2D eigenvalue weighted by atomic mass is 79.9. The van der Waals surface area contributed by atoms with Crippen LogP contribution in [-0.2, 0) is 13.5 Å². The van der Waals surface area contributed by atoms with Gasteiger partial charge in [0.25, 0.3) is 0 Å². The van der Waals surface area contributed by atoms with Crippen molar-refractivity contribution in [1.29, 1.82) is 0 Å². The molecule has 4 heteroatoms. The zero-order chi connectivity index (χ0) is 13.0. The first kappa shape index (κ1) is 13.3. The first-order valence-electron chi connectivity index (χ1n) is 5.98. The summed E-state index contributed by atoms with van der Waals surface area (Å²) in [6.45, 7) is 0. The third-order valence-corrected chi connectivity index (χ3v) is 3.83. The summed E-state index contributed by atoms with van der Waals surface area (Å²) in [5.74, 6) is 0.167. The largest absolute Gasteiger partial charge is 0.276 e. The van der Waals surface area contributed by atoms with E-state index in [-0.39, 0.29) is 5.82 Å². The first-order chi connectivity index (χ1) is 8.69. The lowest BCUT2D eigenvalue weighted by atomic mass is 9.95. The fourth-order valence-corrected chi connectivity index (χ4v) is 2.73. The fraction of sp³-hybridized carbons (Fsp3) is 0.357. The summed E-state index contributed by atoms with van der Waals surface area (Å²) in [5.41, 5.74) is 2.27. The van der Waals surface area contributed by atoms with Crippen molar-refractivity contribution in [2.45, 2.75) is 18.8 Å². The Labute approximate surface area is 115 Å². The van der Waals surface area contributed by atoms with Gasteiger partial charge in [0.15, 0.2) is 0 Å². The maximum absolute atomic E-state index is 13.2. The van der Waals surface area contributed by atoms with E-state index < -0.39 is 0 Å². The quantitative estimate of drug-likeness (QED) is 0.770. The van der Waals surface area contributed by atoms with E-state index in [2.05, 4.69) is 21.0 Å². The molecule has 1 heterocycles. The molecule has 0 amide bonds. The highest BCUT2D eigenvalue weighted by Crippen LogP contribution is 2.24. The Morgan fingerprint density at radius 1 is 1.44 bits per heavy atom. The molecule has 0 saturated heterocycles. The van der Waals surface area contributed by atoms with Gasteiger partial charge in [-0.1, -0.05) is 28.1 Å². The van der Waals surface area contributed by atoms with Crippen molar-refractivity contribution in [1.82, 2.24) is 9.78 Å². The molecule has 0 aliphatic carbocycles. The van der Waals surface area contributed by atoms with E-state index in [1.807, 2.05) is 25.5 Å². The van der Waals surface area contributed by atoms with Gasteiger partial charge in [-0.15, -0.1) is 0 Å². The Kier molecular flexibility index (Phi) is 4.53.